The van der Waals surface area contributed by atoms with Gasteiger partial charge in [0.15, 0.2) is 0 Å². The van der Waals surface area contributed by atoms with Gasteiger partial charge >= 0.3 is 0 Å². The molecule has 4 aromatic rings. The average molecular weight is 502 g/mol. The van der Waals surface area contributed by atoms with Crippen molar-refractivity contribution in [3.8, 4) is 5.69 Å². The Hall–Kier alpha value is -4.24. The Labute approximate surface area is 211 Å². The number of pyridine rings is 1. The normalized spacial score (nSPS) is 11.5. The largest absolute Gasteiger partial charge is 0.318 e. The highest BCUT2D eigenvalue weighted by Crippen LogP contribution is 2.23. The van der Waals surface area contributed by atoms with Gasteiger partial charge in [0, 0.05) is 28.8 Å². The highest BCUT2D eigenvalue weighted by Gasteiger charge is 2.27. The molecule has 1 amide bonds. The molecule has 0 bridgehead atoms. The van der Waals surface area contributed by atoms with Gasteiger partial charge in [0.05, 0.1) is 11.1 Å². The number of benzene rings is 2. The van der Waals surface area contributed by atoms with Crippen LogP contribution in [-0.2, 0) is 14.8 Å². The number of hydrazone groups is 1. The number of nitrogens with one attached hydrogen (secondary N) is 1. The summed E-state index contributed by atoms with van der Waals surface area (Å²) in [7, 11) is -4.02. The van der Waals surface area contributed by atoms with Gasteiger partial charge in [0.1, 0.15) is 12.4 Å². The predicted octanol–water partition coefficient (Wildman–Crippen LogP) is 4.14. The van der Waals surface area contributed by atoms with Gasteiger partial charge in [-0.05, 0) is 62.7 Å². The Kier molecular flexibility index (Phi) is 7.30. The van der Waals surface area contributed by atoms with Crippen molar-refractivity contribution in [3.05, 3.63) is 108 Å². The molecule has 0 radical (unpaired) electrons. The lowest BCUT2D eigenvalue weighted by Crippen LogP contribution is -2.40. The molecule has 0 saturated heterocycles. The predicted molar refractivity (Wildman–Crippen MR) is 141 cm³/mol. The van der Waals surface area contributed by atoms with Crippen molar-refractivity contribution in [1.82, 2.24) is 15.0 Å². The summed E-state index contributed by atoms with van der Waals surface area (Å²) in [4.78, 5) is 17.0. The summed E-state index contributed by atoms with van der Waals surface area (Å²) in [6, 6.07) is 22.9. The van der Waals surface area contributed by atoms with Crippen LogP contribution in [0.2, 0.25) is 0 Å². The van der Waals surface area contributed by atoms with Gasteiger partial charge < -0.3 is 4.57 Å². The van der Waals surface area contributed by atoms with Gasteiger partial charge in [0.2, 0.25) is 0 Å². The molecule has 2 heterocycles. The van der Waals surface area contributed by atoms with E-state index in [9.17, 15) is 13.2 Å². The van der Waals surface area contributed by atoms with E-state index in [1.165, 1.54) is 24.4 Å². The first-order chi connectivity index (χ1) is 17.3. The maximum absolute atomic E-state index is 13.3. The number of rotatable bonds is 8. The molecule has 0 fully saturated rings. The van der Waals surface area contributed by atoms with Gasteiger partial charge in [0.25, 0.3) is 15.9 Å². The molecular formula is C27H27N5O3S. The number of carbonyl (C=O) groups is 1. The number of para-hydroxylation sites is 1. The van der Waals surface area contributed by atoms with Gasteiger partial charge in [-0.3, -0.25) is 4.79 Å². The van der Waals surface area contributed by atoms with Crippen molar-refractivity contribution in [2.24, 2.45) is 5.10 Å². The minimum absolute atomic E-state index is 0.0654. The minimum atomic E-state index is -4.02. The van der Waals surface area contributed by atoms with Crippen LogP contribution in [-0.4, -0.2) is 36.6 Å². The first kappa shape index (κ1) is 24.9. The Balaban J connectivity index is 1.54. The monoisotopic (exact) mass is 501 g/mol. The van der Waals surface area contributed by atoms with Crippen LogP contribution in [0.4, 0.5) is 5.82 Å². The van der Waals surface area contributed by atoms with E-state index in [1.807, 2.05) is 32.0 Å². The fourth-order valence-corrected chi connectivity index (χ4v) is 5.35. The Morgan fingerprint density at radius 2 is 1.69 bits per heavy atom. The summed E-state index contributed by atoms with van der Waals surface area (Å²) < 4.78 is 29.7. The zero-order valence-electron chi connectivity index (χ0n) is 20.3. The van der Waals surface area contributed by atoms with E-state index in [0.717, 1.165) is 32.5 Å². The van der Waals surface area contributed by atoms with Gasteiger partial charge in [-0.2, -0.15) is 5.10 Å². The summed E-state index contributed by atoms with van der Waals surface area (Å²) in [6.45, 7) is 5.57. The first-order valence-electron chi connectivity index (χ1n) is 11.3. The van der Waals surface area contributed by atoms with Crippen LogP contribution >= 0.6 is 0 Å². The molecule has 2 aromatic carbocycles. The number of aryl methyl sites for hydroxylation is 2. The van der Waals surface area contributed by atoms with Crippen molar-refractivity contribution in [2.75, 3.05) is 10.8 Å². The van der Waals surface area contributed by atoms with Crippen LogP contribution in [0, 0.1) is 20.8 Å². The second-order valence-electron chi connectivity index (χ2n) is 8.25. The summed E-state index contributed by atoms with van der Waals surface area (Å²) in [6.07, 6.45) is 3.04. The van der Waals surface area contributed by atoms with E-state index < -0.39 is 22.5 Å². The number of amides is 1. The number of hydrogen-bond donors (Lipinski definition) is 1. The molecule has 0 aliphatic rings. The third-order valence-electron chi connectivity index (χ3n) is 5.74. The molecule has 1 N–H and O–H groups in total. The molecule has 0 atom stereocenters. The third kappa shape index (κ3) is 5.21. The minimum Gasteiger partial charge on any atom is -0.318 e. The molecule has 184 valence electrons. The van der Waals surface area contributed by atoms with Crippen molar-refractivity contribution in [2.45, 2.75) is 25.7 Å². The number of nitrogens with zero attached hydrogens (tertiary/aromatic N) is 4. The van der Waals surface area contributed by atoms with E-state index in [0.29, 0.717) is 0 Å². The lowest BCUT2D eigenvalue weighted by molar-refractivity contribution is -0.119. The Morgan fingerprint density at radius 3 is 2.39 bits per heavy atom. The maximum atomic E-state index is 13.3. The lowest BCUT2D eigenvalue weighted by atomic mass is 10.2. The van der Waals surface area contributed by atoms with Crippen LogP contribution < -0.4 is 9.73 Å². The second kappa shape index (κ2) is 10.6. The van der Waals surface area contributed by atoms with Crippen molar-refractivity contribution in [3.63, 3.8) is 0 Å². The summed E-state index contributed by atoms with van der Waals surface area (Å²) >= 11 is 0. The molecule has 4 rings (SSSR count). The highest BCUT2D eigenvalue weighted by atomic mass is 32.2. The molecule has 9 heteroatoms. The van der Waals surface area contributed by atoms with Crippen LogP contribution in [0.1, 0.15) is 22.5 Å². The quantitative estimate of drug-likeness (QED) is 0.290. The lowest BCUT2D eigenvalue weighted by Gasteiger charge is -2.22. The number of anilines is 1. The van der Waals surface area contributed by atoms with Crippen molar-refractivity contribution in [1.29, 1.82) is 0 Å². The highest BCUT2D eigenvalue weighted by molar-refractivity contribution is 7.92. The van der Waals surface area contributed by atoms with Crippen LogP contribution in [0.5, 0.6) is 0 Å². The molecule has 8 nitrogen and oxygen atoms in total. The van der Waals surface area contributed by atoms with Crippen molar-refractivity contribution >= 4 is 28.0 Å². The number of sulfonamides is 1. The summed E-state index contributed by atoms with van der Waals surface area (Å²) in [5.74, 6) is -0.452. The van der Waals surface area contributed by atoms with E-state index in [1.54, 1.807) is 36.5 Å². The second-order valence-corrected chi connectivity index (χ2v) is 10.1. The van der Waals surface area contributed by atoms with E-state index in [4.69, 9.17) is 0 Å². The maximum Gasteiger partial charge on any atom is 0.265 e. The van der Waals surface area contributed by atoms with Gasteiger partial charge in [-0.15, -0.1) is 0 Å². The Bertz CT molecular complexity index is 1500. The third-order valence-corrected chi connectivity index (χ3v) is 7.51. The number of hydrogen-bond acceptors (Lipinski definition) is 5. The van der Waals surface area contributed by atoms with Crippen molar-refractivity contribution < 1.29 is 13.2 Å². The first-order valence-corrected chi connectivity index (χ1v) is 12.8. The number of carbonyl (C=O) groups excluding carboxylic acids is 1. The molecule has 2 aromatic heterocycles. The summed E-state index contributed by atoms with van der Waals surface area (Å²) in [5, 5.41) is 4.09. The SMILES string of the molecule is Cc1ccccc1-n1c(C)cc(/C=N\NC(=O)CN(c2ccccn2)S(=O)(=O)c2ccccc2)c1C. The molecule has 0 spiro atoms. The van der Waals surface area contributed by atoms with Crippen LogP contribution in [0.15, 0.2) is 95.1 Å². The smallest absolute Gasteiger partial charge is 0.265 e. The van der Waals surface area contributed by atoms with Gasteiger partial charge in [-0.25, -0.2) is 23.1 Å². The van der Waals surface area contributed by atoms with E-state index in [-0.39, 0.29) is 10.7 Å². The van der Waals surface area contributed by atoms with Crippen LogP contribution in [0.25, 0.3) is 5.69 Å². The fraction of sp³-hybridized carbons (Fsp3) is 0.148. The molecule has 0 aliphatic heterocycles. The molecule has 36 heavy (non-hydrogen) atoms. The molecule has 0 aliphatic carbocycles. The molecule has 0 saturated carbocycles. The number of aromatic nitrogens is 2. The topological polar surface area (TPSA) is 96.7 Å². The van der Waals surface area contributed by atoms with Crippen LogP contribution in [0.3, 0.4) is 0 Å². The Morgan fingerprint density at radius 1 is 1.00 bits per heavy atom. The average Bonchev–Trinajstić information content (AvgIpc) is 3.16. The zero-order chi connectivity index (χ0) is 25.7. The van der Waals surface area contributed by atoms with E-state index >= 15 is 0 Å². The van der Waals surface area contributed by atoms with E-state index in [2.05, 4.69) is 39.1 Å². The summed E-state index contributed by atoms with van der Waals surface area (Å²) in [5.41, 5.74) is 7.52. The fourth-order valence-electron chi connectivity index (χ4n) is 3.95. The molecular weight excluding hydrogens is 474 g/mol. The van der Waals surface area contributed by atoms with Gasteiger partial charge in [-0.1, -0.05) is 42.5 Å². The standard InChI is InChI=1S/C27H27N5O3S/c1-20-11-7-8-14-25(20)32-21(2)17-23(22(32)3)18-29-30-27(33)19-31(26-15-9-10-16-28-26)36(34,35)24-12-5-4-6-13-24/h4-18H,19H2,1-3H3,(H,30,33)/b29-18-. The molecule has 0 unspecified atom stereocenters. The zero-order valence-corrected chi connectivity index (χ0v) is 21.1.